The molecule has 0 fully saturated rings. The fourth-order valence-electron chi connectivity index (χ4n) is 3.41. The number of nitrogen functional groups attached to an aromatic ring is 1. The van der Waals surface area contributed by atoms with Crippen molar-refractivity contribution in [1.29, 1.82) is 0 Å². The van der Waals surface area contributed by atoms with Crippen molar-refractivity contribution in [3.63, 3.8) is 0 Å². The molecule has 5 nitrogen and oxygen atoms in total. The average molecular weight is 420 g/mol. The van der Waals surface area contributed by atoms with E-state index >= 15 is 0 Å². The Morgan fingerprint density at radius 3 is 2.69 bits per heavy atom. The van der Waals surface area contributed by atoms with Crippen LogP contribution in [0.5, 0.6) is 0 Å². The molecular formula is C20H17ClF3N5. The van der Waals surface area contributed by atoms with Crippen molar-refractivity contribution in [3.05, 3.63) is 64.9 Å². The number of rotatable bonds is 3. The zero-order chi connectivity index (χ0) is 20.6. The maximum Gasteiger partial charge on any atom is 0.417 e. The first-order chi connectivity index (χ1) is 13.8. The van der Waals surface area contributed by atoms with Crippen LogP contribution in [0.4, 0.5) is 41.9 Å². The van der Waals surface area contributed by atoms with Crippen LogP contribution in [0.1, 0.15) is 17.5 Å². The first kappa shape index (κ1) is 19.3. The summed E-state index contributed by atoms with van der Waals surface area (Å²) in [7, 11) is 0. The molecule has 1 aliphatic rings. The van der Waals surface area contributed by atoms with Crippen LogP contribution in [-0.4, -0.2) is 16.5 Å². The number of nitrogens with two attached hydrogens (primary N) is 1. The smallest absolute Gasteiger partial charge is 0.393 e. The largest absolute Gasteiger partial charge is 0.417 e. The van der Waals surface area contributed by atoms with Crippen molar-refractivity contribution in [2.45, 2.75) is 19.0 Å². The number of nitrogens with zero attached hydrogens (tertiary/aromatic N) is 3. The normalized spacial score (nSPS) is 13.9. The number of fused-ring (bicyclic) bond motifs is 1. The third-order valence-electron chi connectivity index (χ3n) is 4.76. The summed E-state index contributed by atoms with van der Waals surface area (Å²) in [6.45, 7) is 0.733. The summed E-state index contributed by atoms with van der Waals surface area (Å²) in [5, 5.41) is 2.48. The molecule has 4 rings (SSSR count). The first-order valence-electron chi connectivity index (χ1n) is 8.94. The minimum absolute atomic E-state index is 0.178. The van der Waals surface area contributed by atoms with Crippen LogP contribution >= 0.6 is 11.6 Å². The molecule has 0 spiro atoms. The molecule has 0 aliphatic carbocycles. The van der Waals surface area contributed by atoms with E-state index in [2.05, 4.69) is 21.4 Å². The number of anilines is 5. The molecule has 0 saturated heterocycles. The zero-order valence-corrected chi connectivity index (χ0v) is 15.9. The summed E-state index contributed by atoms with van der Waals surface area (Å²) in [5.74, 6) is 0.744. The van der Waals surface area contributed by atoms with E-state index in [1.807, 2.05) is 23.1 Å². The van der Waals surface area contributed by atoms with E-state index in [4.69, 9.17) is 17.3 Å². The summed E-state index contributed by atoms with van der Waals surface area (Å²) >= 11 is 5.69. The van der Waals surface area contributed by atoms with Gasteiger partial charge in [0, 0.05) is 17.9 Å². The van der Waals surface area contributed by atoms with Gasteiger partial charge < -0.3 is 16.0 Å². The number of halogens is 4. The highest BCUT2D eigenvalue weighted by molar-refractivity contribution is 6.31. The van der Waals surface area contributed by atoms with E-state index in [0.717, 1.165) is 31.1 Å². The fourth-order valence-corrected chi connectivity index (χ4v) is 3.64. The third-order valence-corrected chi connectivity index (χ3v) is 5.09. The molecule has 2 heterocycles. The predicted molar refractivity (Wildman–Crippen MR) is 108 cm³/mol. The van der Waals surface area contributed by atoms with Gasteiger partial charge in [-0.3, -0.25) is 0 Å². The van der Waals surface area contributed by atoms with E-state index in [9.17, 15) is 13.2 Å². The van der Waals surface area contributed by atoms with Gasteiger partial charge in [-0.25, -0.2) is 9.97 Å². The maximum absolute atomic E-state index is 13.1. The van der Waals surface area contributed by atoms with Crippen LogP contribution in [0.3, 0.4) is 0 Å². The lowest BCUT2D eigenvalue weighted by molar-refractivity contribution is -0.137. The molecule has 0 saturated carbocycles. The van der Waals surface area contributed by atoms with Crippen molar-refractivity contribution in [2.24, 2.45) is 0 Å². The van der Waals surface area contributed by atoms with Crippen LogP contribution in [-0.2, 0) is 12.6 Å². The third kappa shape index (κ3) is 3.80. The number of aryl methyl sites for hydroxylation is 1. The molecular weight excluding hydrogens is 403 g/mol. The molecule has 1 aliphatic heterocycles. The van der Waals surface area contributed by atoms with Crippen molar-refractivity contribution >= 4 is 40.3 Å². The standard InChI is InChI=1S/C20H17ClF3N5/c21-15-8-7-13(10-14(15)20(22,23)24)28-18-17(25)19(27-11-26-18)29-9-3-5-12-4-1-2-6-16(12)29/h1-2,4,6-8,10-11H,3,5,9,25H2,(H,26,27,28). The Hall–Kier alpha value is -3.00. The van der Waals surface area contributed by atoms with Gasteiger partial charge in [0.25, 0.3) is 0 Å². The molecule has 0 unspecified atom stereocenters. The highest BCUT2D eigenvalue weighted by atomic mass is 35.5. The second kappa shape index (κ2) is 7.44. The quantitative estimate of drug-likeness (QED) is 0.581. The summed E-state index contributed by atoms with van der Waals surface area (Å²) in [4.78, 5) is 10.4. The van der Waals surface area contributed by atoms with Crippen LogP contribution in [0, 0.1) is 0 Å². The van der Waals surface area contributed by atoms with E-state index in [1.165, 1.54) is 24.0 Å². The molecule has 29 heavy (non-hydrogen) atoms. The number of nitrogens with one attached hydrogen (secondary N) is 1. The zero-order valence-electron chi connectivity index (χ0n) is 15.2. The Morgan fingerprint density at radius 1 is 1.10 bits per heavy atom. The number of alkyl halides is 3. The first-order valence-corrected chi connectivity index (χ1v) is 9.32. The van der Waals surface area contributed by atoms with Crippen molar-refractivity contribution in [2.75, 3.05) is 22.5 Å². The van der Waals surface area contributed by atoms with Crippen molar-refractivity contribution in [1.82, 2.24) is 9.97 Å². The molecule has 3 aromatic rings. The lowest BCUT2D eigenvalue weighted by atomic mass is 10.0. The van der Waals surface area contributed by atoms with Crippen LogP contribution < -0.4 is 16.0 Å². The maximum atomic E-state index is 13.1. The Balaban J connectivity index is 1.69. The number of hydrogen-bond donors (Lipinski definition) is 2. The molecule has 0 radical (unpaired) electrons. The molecule has 3 N–H and O–H groups in total. The Kier molecular flexibility index (Phi) is 4.96. The monoisotopic (exact) mass is 419 g/mol. The Bertz CT molecular complexity index is 1050. The number of para-hydroxylation sites is 1. The summed E-state index contributed by atoms with van der Waals surface area (Å²) < 4.78 is 39.4. The second-order valence-electron chi connectivity index (χ2n) is 6.66. The summed E-state index contributed by atoms with van der Waals surface area (Å²) in [5.41, 5.74) is 8.01. The van der Waals surface area contributed by atoms with Gasteiger partial charge in [-0.15, -0.1) is 0 Å². The molecule has 150 valence electrons. The summed E-state index contributed by atoms with van der Waals surface area (Å²) in [6, 6.07) is 11.5. The topological polar surface area (TPSA) is 67.1 Å². The van der Waals surface area contributed by atoms with Crippen LogP contribution in [0.2, 0.25) is 5.02 Å². The number of benzene rings is 2. The van der Waals surface area contributed by atoms with Crippen molar-refractivity contribution < 1.29 is 13.2 Å². The Labute approximate surface area is 170 Å². The predicted octanol–water partition coefficient (Wildman–Crippen LogP) is 5.56. The van der Waals surface area contributed by atoms with Gasteiger partial charge in [0.05, 0.1) is 10.6 Å². The minimum Gasteiger partial charge on any atom is -0.393 e. The van der Waals surface area contributed by atoms with Gasteiger partial charge in [-0.1, -0.05) is 29.8 Å². The van der Waals surface area contributed by atoms with Gasteiger partial charge in [0.2, 0.25) is 0 Å². The Morgan fingerprint density at radius 2 is 1.90 bits per heavy atom. The van der Waals surface area contributed by atoms with Gasteiger partial charge in [0.1, 0.15) is 12.0 Å². The highest BCUT2D eigenvalue weighted by Gasteiger charge is 2.33. The SMILES string of the molecule is Nc1c(Nc2ccc(Cl)c(C(F)(F)F)c2)ncnc1N1CCCc2ccccc21. The molecule has 0 amide bonds. The van der Waals surface area contributed by atoms with Gasteiger partial charge in [-0.2, -0.15) is 13.2 Å². The second-order valence-corrected chi connectivity index (χ2v) is 7.07. The molecule has 1 aromatic heterocycles. The number of aromatic nitrogens is 2. The minimum atomic E-state index is -4.56. The van der Waals surface area contributed by atoms with Gasteiger partial charge in [0.15, 0.2) is 11.6 Å². The van der Waals surface area contributed by atoms with E-state index in [0.29, 0.717) is 5.82 Å². The van der Waals surface area contributed by atoms with Gasteiger partial charge in [-0.05, 0) is 42.7 Å². The van der Waals surface area contributed by atoms with E-state index < -0.39 is 11.7 Å². The van der Waals surface area contributed by atoms with Crippen LogP contribution in [0.25, 0.3) is 0 Å². The van der Waals surface area contributed by atoms with Gasteiger partial charge >= 0.3 is 6.18 Å². The summed E-state index contributed by atoms with van der Waals surface area (Å²) in [6.07, 6.45) is -1.32. The average Bonchev–Trinajstić information content (AvgIpc) is 2.70. The molecule has 2 aromatic carbocycles. The lowest BCUT2D eigenvalue weighted by Gasteiger charge is -2.31. The number of hydrogen-bond acceptors (Lipinski definition) is 5. The molecule has 0 bridgehead atoms. The van der Waals surface area contributed by atoms with E-state index in [-0.39, 0.29) is 22.2 Å². The lowest BCUT2D eigenvalue weighted by Crippen LogP contribution is -2.26. The van der Waals surface area contributed by atoms with Crippen LogP contribution in [0.15, 0.2) is 48.8 Å². The molecule has 0 atom stereocenters. The highest BCUT2D eigenvalue weighted by Crippen LogP contribution is 2.39. The fraction of sp³-hybridized carbons (Fsp3) is 0.200. The van der Waals surface area contributed by atoms with E-state index in [1.54, 1.807) is 0 Å². The van der Waals surface area contributed by atoms with Crippen molar-refractivity contribution in [3.8, 4) is 0 Å². The molecule has 9 heteroatoms.